The zero-order valence-corrected chi connectivity index (χ0v) is 11.4. The van der Waals surface area contributed by atoms with Crippen molar-refractivity contribution in [2.45, 2.75) is 33.6 Å². The van der Waals surface area contributed by atoms with Gasteiger partial charge in [-0.05, 0) is 37.1 Å². The number of nitrogens with zero attached hydrogens (tertiary/aromatic N) is 1. The topological polar surface area (TPSA) is 3.24 Å². The number of rotatable bonds is 4. The highest BCUT2D eigenvalue weighted by molar-refractivity contribution is 9.09. The lowest BCUT2D eigenvalue weighted by atomic mass is 9.94. The molecule has 0 aromatic heterocycles. The highest BCUT2D eigenvalue weighted by Gasteiger charge is 2.20. The summed E-state index contributed by atoms with van der Waals surface area (Å²) < 4.78 is 0. The molecule has 1 nitrogen and oxygen atoms in total. The van der Waals surface area contributed by atoms with Crippen molar-refractivity contribution in [2.24, 2.45) is 17.8 Å². The van der Waals surface area contributed by atoms with Gasteiger partial charge in [0.2, 0.25) is 0 Å². The molecule has 2 atom stereocenters. The maximum atomic E-state index is 3.63. The summed E-state index contributed by atoms with van der Waals surface area (Å²) in [4.78, 5) is 2.65. The van der Waals surface area contributed by atoms with E-state index in [0.29, 0.717) is 0 Å². The molecule has 0 aromatic carbocycles. The van der Waals surface area contributed by atoms with Crippen molar-refractivity contribution in [3.05, 3.63) is 0 Å². The molecule has 1 fully saturated rings. The van der Waals surface area contributed by atoms with Gasteiger partial charge in [-0.1, -0.05) is 36.7 Å². The van der Waals surface area contributed by atoms with Crippen LogP contribution >= 0.6 is 15.9 Å². The van der Waals surface area contributed by atoms with E-state index in [0.717, 1.165) is 23.1 Å². The van der Waals surface area contributed by atoms with Crippen LogP contribution in [0.2, 0.25) is 0 Å². The van der Waals surface area contributed by atoms with Crippen LogP contribution in [0.4, 0.5) is 0 Å². The zero-order chi connectivity index (χ0) is 10.6. The lowest BCUT2D eigenvalue weighted by molar-refractivity contribution is 0.151. The predicted octanol–water partition coefficient (Wildman–Crippen LogP) is 3.39. The van der Waals surface area contributed by atoms with Gasteiger partial charge in [-0.15, -0.1) is 0 Å². The molecule has 0 aromatic rings. The molecule has 1 heterocycles. The van der Waals surface area contributed by atoms with Crippen LogP contribution < -0.4 is 0 Å². The van der Waals surface area contributed by atoms with Crippen molar-refractivity contribution in [1.29, 1.82) is 0 Å². The lowest BCUT2D eigenvalue weighted by Crippen LogP contribution is -2.39. The third-order valence-corrected chi connectivity index (χ3v) is 4.21. The van der Waals surface area contributed by atoms with E-state index in [2.05, 4.69) is 41.6 Å². The Morgan fingerprint density at radius 3 is 2.64 bits per heavy atom. The summed E-state index contributed by atoms with van der Waals surface area (Å²) in [5, 5.41) is 1.15. The second kappa shape index (κ2) is 6.12. The van der Waals surface area contributed by atoms with Gasteiger partial charge >= 0.3 is 0 Å². The second-order valence-corrected chi connectivity index (χ2v) is 5.81. The quantitative estimate of drug-likeness (QED) is 0.702. The van der Waals surface area contributed by atoms with Crippen LogP contribution in [0, 0.1) is 17.8 Å². The van der Waals surface area contributed by atoms with Gasteiger partial charge in [0.25, 0.3) is 0 Å². The molecular formula is C12H24BrN. The number of hydrogen-bond donors (Lipinski definition) is 0. The smallest absolute Gasteiger partial charge is 0.00743 e. The minimum atomic E-state index is 0.798. The van der Waals surface area contributed by atoms with E-state index < -0.39 is 0 Å². The number of piperidine rings is 1. The van der Waals surface area contributed by atoms with Gasteiger partial charge in [0.15, 0.2) is 0 Å². The summed E-state index contributed by atoms with van der Waals surface area (Å²) in [6.45, 7) is 11.0. The monoisotopic (exact) mass is 261 g/mol. The minimum absolute atomic E-state index is 0.798. The van der Waals surface area contributed by atoms with Gasteiger partial charge in [0.1, 0.15) is 0 Å². The lowest BCUT2D eigenvalue weighted by Gasteiger charge is -2.34. The van der Waals surface area contributed by atoms with Crippen LogP contribution in [-0.4, -0.2) is 29.9 Å². The van der Waals surface area contributed by atoms with Gasteiger partial charge < -0.3 is 4.90 Å². The van der Waals surface area contributed by atoms with Crippen LogP contribution in [0.3, 0.4) is 0 Å². The van der Waals surface area contributed by atoms with Crippen molar-refractivity contribution >= 4 is 15.9 Å². The van der Waals surface area contributed by atoms with Gasteiger partial charge in [0, 0.05) is 18.4 Å². The molecule has 0 N–H and O–H groups in total. The normalized spacial score (nSPS) is 26.8. The van der Waals surface area contributed by atoms with Gasteiger partial charge in [-0.3, -0.25) is 0 Å². The third-order valence-electron chi connectivity index (χ3n) is 3.37. The van der Waals surface area contributed by atoms with Gasteiger partial charge in [0.05, 0.1) is 0 Å². The van der Waals surface area contributed by atoms with Crippen LogP contribution in [0.25, 0.3) is 0 Å². The van der Waals surface area contributed by atoms with E-state index in [4.69, 9.17) is 0 Å². The molecule has 0 aliphatic carbocycles. The molecule has 0 spiro atoms. The van der Waals surface area contributed by atoms with E-state index in [1.807, 2.05) is 0 Å². The predicted molar refractivity (Wildman–Crippen MR) is 67.0 cm³/mol. The SMILES string of the molecule is CC1CCCN(CC(CBr)C(C)C)C1. The van der Waals surface area contributed by atoms with E-state index in [9.17, 15) is 0 Å². The molecule has 84 valence electrons. The molecule has 0 saturated carbocycles. The standard InChI is InChI=1S/C12H24BrN/c1-10(2)12(7-13)9-14-6-4-5-11(3)8-14/h10-12H,4-9H2,1-3H3. The average Bonchev–Trinajstić information content (AvgIpc) is 2.14. The molecule has 0 bridgehead atoms. The van der Waals surface area contributed by atoms with Crippen molar-refractivity contribution in [3.63, 3.8) is 0 Å². The van der Waals surface area contributed by atoms with E-state index in [1.165, 1.54) is 32.5 Å². The number of alkyl halides is 1. The summed E-state index contributed by atoms with van der Waals surface area (Å²) in [5.41, 5.74) is 0. The van der Waals surface area contributed by atoms with Crippen molar-refractivity contribution in [2.75, 3.05) is 25.0 Å². The highest BCUT2D eigenvalue weighted by atomic mass is 79.9. The summed E-state index contributed by atoms with van der Waals surface area (Å²) in [6.07, 6.45) is 2.82. The molecule has 0 radical (unpaired) electrons. The summed E-state index contributed by atoms with van der Waals surface area (Å²) in [5.74, 6) is 2.53. The minimum Gasteiger partial charge on any atom is -0.303 e. The molecular weight excluding hydrogens is 238 g/mol. The first-order valence-electron chi connectivity index (χ1n) is 5.91. The van der Waals surface area contributed by atoms with E-state index in [-0.39, 0.29) is 0 Å². The first-order valence-corrected chi connectivity index (χ1v) is 7.04. The van der Waals surface area contributed by atoms with E-state index in [1.54, 1.807) is 0 Å². The fourth-order valence-electron chi connectivity index (χ4n) is 2.22. The largest absolute Gasteiger partial charge is 0.303 e. The maximum absolute atomic E-state index is 3.63. The molecule has 1 saturated heterocycles. The fourth-order valence-corrected chi connectivity index (χ4v) is 3.17. The van der Waals surface area contributed by atoms with Crippen molar-refractivity contribution in [1.82, 2.24) is 4.90 Å². The first kappa shape index (κ1) is 12.5. The highest BCUT2D eigenvalue weighted by Crippen LogP contribution is 2.20. The third kappa shape index (κ3) is 3.90. The van der Waals surface area contributed by atoms with Gasteiger partial charge in [-0.25, -0.2) is 0 Å². The molecule has 1 rings (SSSR count). The second-order valence-electron chi connectivity index (χ2n) is 5.17. The Hall–Kier alpha value is 0.440. The summed E-state index contributed by atoms with van der Waals surface area (Å²) in [7, 11) is 0. The van der Waals surface area contributed by atoms with Crippen molar-refractivity contribution < 1.29 is 0 Å². The molecule has 2 unspecified atom stereocenters. The van der Waals surface area contributed by atoms with Crippen LogP contribution in [0.1, 0.15) is 33.6 Å². The van der Waals surface area contributed by atoms with Gasteiger partial charge in [-0.2, -0.15) is 0 Å². The molecule has 14 heavy (non-hydrogen) atoms. The van der Waals surface area contributed by atoms with E-state index >= 15 is 0 Å². The number of hydrogen-bond acceptors (Lipinski definition) is 1. The maximum Gasteiger partial charge on any atom is 0.00743 e. The Balaban J connectivity index is 2.33. The summed E-state index contributed by atoms with van der Waals surface area (Å²) >= 11 is 3.63. The molecule has 1 aliphatic heterocycles. The number of halogens is 1. The van der Waals surface area contributed by atoms with Crippen LogP contribution in [-0.2, 0) is 0 Å². The zero-order valence-electron chi connectivity index (χ0n) is 9.80. The number of likely N-dealkylation sites (tertiary alicyclic amines) is 1. The molecule has 1 aliphatic rings. The Kier molecular flexibility index (Phi) is 5.47. The van der Waals surface area contributed by atoms with Crippen LogP contribution in [0.15, 0.2) is 0 Å². The summed E-state index contributed by atoms with van der Waals surface area (Å²) in [6, 6.07) is 0. The molecule has 0 amide bonds. The Morgan fingerprint density at radius 2 is 2.14 bits per heavy atom. The first-order chi connectivity index (χ1) is 6.63. The average molecular weight is 262 g/mol. The Bertz CT molecular complexity index is 158. The fraction of sp³-hybridized carbons (Fsp3) is 1.00. The van der Waals surface area contributed by atoms with Crippen molar-refractivity contribution in [3.8, 4) is 0 Å². The van der Waals surface area contributed by atoms with Crippen LogP contribution in [0.5, 0.6) is 0 Å². The Labute approximate surface area is 97.4 Å². The molecule has 2 heteroatoms. The Morgan fingerprint density at radius 1 is 1.43 bits per heavy atom.